The predicted octanol–water partition coefficient (Wildman–Crippen LogP) is 3.89. The Morgan fingerprint density at radius 3 is 2.33 bits per heavy atom. The maximum Gasteiger partial charge on any atom is 0.348 e. The molecule has 0 unspecified atom stereocenters. The van der Waals surface area contributed by atoms with Gasteiger partial charge in [-0.1, -0.05) is 42.5 Å². The van der Waals surface area contributed by atoms with Crippen LogP contribution in [0.4, 0.5) is 11.4 Å². The zero-order chi connectivity index (χ0) is 18.5. The van der Waals surface area contributed by atoms with Crippen LogP contribution >= 0.6 is 0 Å². The highest BCUT2D eigenvalue weighted by molar-refractivity contribution is 6.27. The molecule has 0 atom stereocenters. The molecule has 0 spiro atoms. The Morgan fingerprint density at radius 1 is 0.852 bits per heavy atom. The minimum Gasteiger partial charge on any atom is -0.355 e. The van der Waals surface area contributed by atoms with Gasteiger partial charge in [0.05, 0.1) is 22.5 Å². The lowest BCUT2D eigenvalue weighted by Gasteiger charge is -2.22. The molecule has 0 aliphatic heterocycles. The number of ketones is 1. The first-order chi connectivity index (χ1) is 13.1. The van der Waals surface area contributed by atoms with Crippen molar-refractivity contribution in [2.24, 2.45) is 7.05 Å². The van der Waals surface area contributed by atoms with E-state index in [1.807, 2.05) is 60.7 Å². The fraction of sp³-hybridized carbons (Fsp3) is 0.0455. The van der Waals surface area contributed by atoms with E-state index >= 15 is 0 Å². The van der Waals surface area contributed by atoms with E-state index < -0.39 is 0 Å². The number of aromatic nitrogens is 2. The predicted molar refractivity (Wildman–Crippen MR) is 106 cm³/mol. The van der Waals surface area contributed by atoms with E-state index in [2.05, 4.69) is 10.3 Å². The van der Waals surface area contributed by atoms with Crippen molar-refractivity contribution in [2.75, 3.05) is 5.32 Å². The lowest BCUT2D eigenvalue weighted by molar-refractivity contribution is 0.104. The van der Waals surface area contributed by atoms with Crippen molar-refractivity contribution in [3.63, 3.8) is 0 Å². The Hall–Kier alpha value is -3.73. The largest absolute Gasteiger partial charge is 0.355 e. The molecule has 3 aromatic carbocycles. The summed E-state index contributed by atoms with van der Waals surface area (Å²) in [6, 6.07) is 20.7. The van der Waals surface area contributed by atoms with Gasteiger partial charge in [0.1, 0.15) is 0 Å². The number of benzene rings is 3. The molecule has 0 amide bonds. The first-order valence-electron chi connectivity index (χ1n) is 8.65. The Balaban J connectivity index is 1.88. The molecule has 1 aliphatic rings. The van der Waals surface area contributed by atoms with E-state index in [9.17, 15) is 9.59 Å². The molecule has 0 fully saturated rings. The normalized spacial score (nSPS) is 12.1. The zero-order valence-electron chi connectivity index (χ0n) is 14.6. The number of aryl methyl sites for hydroxylation is 1. The van der Waals surface area contributed by atoms with E-state index in [0.717, 1.165) is 5.69 Å². The van der Waals surface area contributed by atoms with Crippen LogP contribution in [0.5, 0.6) is 0 Å². The van der Waals surface area contributed by atoms with Gasteiger partial charge < -0.3 is 5.32 Å². The third-order valence-corrected chi connectivity index (χ3v) is 4.98. The first-order valence-corrected chi connectivity index (χ1v) is 8.65. The number of carbonyl (C=O) groups is 1. The monoisotopic (exact) mass is 353 g/mol. The molecule has 1 heterocycles. The molecular formula is C22H15N3O2. The molecule has 1 aromatic heterocycles. The topological polar surface area (TPSA) is 64.0 Å². The first kappa shape index (κ1) is 15.5. The number of fused-ring (bicyclic) bond motifs is 2. The number of para-hydroxylation sites is 1. The summed E-state index contributed by atoms with van der Waals surface area (Å²) < 4.78 is 1.48. The van der Waals surface area contributed by atoms with E-state index in [0.29, 0.717) is 39.0 Å². The summed E-state index contributed by atoms with van der Waals surface area (Å²) in [6.07, 6.45) is 0. The van der Waals surface area contributed by atoms with E-state index in [-0.39, 0.29) is 11.5 Å². The van der Waals surface area contributed by atoms with Gasteiger partial charge in [0, 0.05) is 29.2 Å². The van der Waals surface area contributed by atoms with Crippen molar-refractivity contribution in [3.05, 3.63) is 88.3 Å². The van der Waals surface area contributed by atoms with Crippen LogP contribution in [0.2, 0.25) is 0 Å². The van der Waals surface area contributed by atoms with Gasteiger partial charge in [-0.05, 0) is 24.3 Å². The molecule has 1 N–H and O–H groups in total. The SMILES string of the molecule is Cn1c(=O)nc2c3c(c(Nc4ccccc4)ccc31)C(=O)c1ccccc1-2. The molecule has 0 bridgehead atoms. The Bertz CT molecular complexity index is 1290. The standard InChI is InChI=1S/C22H15N3O2/c1-25-17-12-11-16(23-13-7-3-2-4-8-13)18-19(17)20(24-22(25)27)14-9-5-6-10-15(14)21(18)26/h2-12,23H,1H3. The molecule has 5 rings (SSSR count). The summed E-state index contributed by atoms with van der Waals surface area (Å²) in [5.74, 6) is -0.0671. The minimum absolute atomic E-state index is 0.0671. The molecule has 0 radical (unpaired) electrons. The van der Waals surface area contributed by atoms with Gasteiger partial charge in [-0.15, -0.1) is 0 Å². The summed E-state index contributed by atoms with van der Waals surface area (Å²) in [6.45, 7) is 0. The molecular weight excluding hydrogens is 338 g/mol. The highest BCUT2D eigenvalue weighted by Crippen LogP contribution is 2.40. The summed E-state index contributed by atoms with van der Waals surface area (Å²) >= 11 is 0. The van der Waals surface area contributed by atoms with Crippen molar-refractivity contribution >= 4 is 28.1 Å². The third-order valence-electron chi connectivity index (χ3n) is 4.98. The van der Waals surface area contributed by atoms with Crippen molar-refractivity contribution in [1.82, 2.24) is 9.55 Å². The van der Waals surface area contributed by atoms with Crippen LogP contribution < -0.4 is 11.0 Å². The van der Waals surface area contributed by atoms with Gasteiger partial charge in [-0.25, -0.2) is 4.79 Å². The van der Waals surface area contributed by atoms with Crippen molar-refractivity contribution in [2.45, 2.75) is 0 Å². The maximum absolute atomic E-state index is 13.3. The van der Waals surface area contributed by atoms with Gasteiger partial charge in [-0.2, -0.15) is 4.98 Å². The lowest BCUT2D eigenvalue weighted by atomic mass is 9.85. The van der Waals surface area contributed by atoms with Crippen LogP contribution in [-0.4, -0.2) is 15.3 Å². The summed E-state index contributed by atoms with van der Waals surface area (Å²) in [4.78, 5) is 30.0. The average Bonchev–Trinajstić information content (AvgIpc) is 2.70. The second-order valence-corrected chi connectivity index (χ2v) is 6.55. The molecule has 4 aromatic rings. The average molecular weight is 353 g/mol. The van der Waals surface area contributed by atoms with Crippen LogP contribution in [-0.2, 0) is 7.05 Å². The Kier molecular flexibility index (Phi) is 3.24. The smallest absolute Gasteiger partial charge is 0.348 e. The van der Waals surface area contributed by atoms with Crippen molar-refractivity contribution in [3.8, 4) is 11.3 Å². The van der Waals surface area contributed by atoms with E-state index in [4.69, 9.17) is 0 Å². The lowest BCUT2D eigenvalue weighted by Crippen LogP contribution is -2.24. The number of rotatable bonds is 2. The summed E-state index contributed by atoms with van der Waals surface area (Å²) in [7, 11) is 1.67. The third kappa shape index (κ3) is 2.22. The highest BCUT2D eigenvalue weighted by Gasteiger charge is 2.29. The molecule has 5 nitrogen and oxygen atoms in total. The Morgan fingerprint density at radius 2 is 1.56 bits per heavy atom. The number of nitrogens with one attached hydrogen (secondary N) is 1. The molecule has 0 saturated heterocycles. The fourth-order valence-corrected chi connectivity index (χ4v) is 3.67. The second kappa shape index (κ2) is 5.64. The minimum atomic E-state index is -0.337. The number of hydrogen-bond donors (Lipinski definition) is 1. The molecule has 130 valence electrons. The molecule has 1 aliphatic carbocycles. The number of anilines is 2. The van der Waals surface area contributed by atoms with Gasteiger partial charge in [0.25, 0.3) is 0 Å². The van der Waals surface area contributed by atoms with Gasteiger partial charge in [-0.3, -0.25) is 9.36 Å². The molecule has 27 heavy (non-hydrogen) atoms. The number of hydrogen-bond acceptors (Lipinski definition) is 4. The van der Waals surface area contributed by atoms with Gasteiger partial charge >= 0.3 is 5.69 Å². The van der Waals surface area contributed by atoms with Crippen LogP contribution in [0, 0.1) is 0 Å². The summed E-state index contributed by atoms with van der Waals surface area (Å²) in [5, 5.41) is 4.05. The van der Waals surface area contributed by atoms with Crippen LogP contribution in [0.15, 0.2) is 71.5 Å². The summed E-state index contributed by atoms with van der Waals surface area (Å²) in [5.41, 5.74) is 4.33. The van der Waals surface area contributed by atoms with Gasteiger partial charge in [0.2, 0.25) is 0 Å². The quantitative estimate of drug-likeness (QED) is 0.523. The molecule has 0 saturated carbocycles. The zero-order valence-corrected chi connectivity index (χ0v) is 14.6. The maximum atomic E-state index is 13.3. The van der Waals surface area contributed by atoms with E-state index in [1.165, 1.54) is 4.57 Å². The van der Waals surface area contributed by atoms with Crippen LogP contribution in [0.25, 0.3) is 22.2 Å². The van der Waals surface area contributed by atoms with Crippen molar-refractivity contribution < 1.29 is 4.79 Å². The number of nitrogens with zero attached hydrogens (tertiary/aromatic N) is 2. The highest BCUT2D eigenvalue weighted by atomic mass is 16.1. The Labute approximate surface area is 154 Å². The van der Waals surface area contributed by atoms with Crippen molar-refractivity contribution in [1.29, 1.82) is 0 Å². The van der Waals surface area contributed by atoms with E-state index in [1.54, 1.807) is 13.1 Å². The number of carbonyl (C=O) groups excluding carboxylic acids is 1. The second-order valence-electron chi connectivity index (χ2n) is 6.55. The van der Waals surface area contributed by atoms with Crippen LogP contribution in [0.1, 0.15) is 15.9 Å². The van der Waals surface area contributed by atoms with Crippen LogP contribution in [0.3, 0.4) is 0 Å². The molecule has 5 heteroatoms. The van der Waals surface area contributed by atoms with Gasteiger partial charge in [0.15, 0.2) is 5.78 Å². The fourth-order valence-electron chi connectivity index (χ4n) is 3.67.